The molecule has 1 aliphatic heterocycles. The van der Waals surface area contributed by atoms with Crippen LogP contribution in [0.15, 0.2) is 29.3 Å². The molecule has 1 aromatic carbocycles. The molecular weight excluding hydrogens is 266 g/mol. The molecule has 0 amide bonds. The van der Waals surface area contributed by atoms with Gasteiger partial charge in [-0.3, -0.25) is 4.99 Å². The number of anilines is 1. The van der Waals surface area contributed by atoms with Crippen LogP contribution in [0.4, 0.5) is 5.69 Å². The summed E-state index contributed by atoms with van der Waals surface area (Å²) < 4.78 is 4.79. The summed E-state index contributed by atoms with van der Waals surface area (Å²) in [7, 11) is 5.05. The third-order valence-corrected chi connectivity index (χ3v) is 3.59. The molecule has 0 saturated carbocycles. The van der Waals surface area contributed by atoms with Crippen LogP contribution in [0.1, 0.15) is 17.5 Å². The number of nitrogens with one attached hydrogen (secondary N) is 2. The average molecular weight is 287 g/mol. The predicted octanol–water partition coefficient (Wildman–Crippen LogP) is 1.85. The molecule has 0 radical (unpaired) electrons. The minimum Gasteiger partial charge on any atom is -0.467 e. The van der Waals surface area contributed by atoms with E-state index in [-0.39, 0.29) is 12.0 Å². The van der Waals surface area contributed by atoms with Crippen LogP contribution in [0.2, 0.25) is 0 Å². The maximum absolute atomic E-state index is 11.6. The first kappa shape index (κ1) is 15.1. The van der Waals surface area contributed by atoms with E-state index in [1.165, 1.54) is 12.7 Å². The highest BCUT2D eigenvalue weighted by molar-refractivity contribution is 5.85. The number of methoxy groups -OCH3 is 1. The maximum Gasteiger partial charge on any atom is 0.328 e. The lowest BCUT2D eigenvalue weighted by atomic mass is 9.95. The van der Waals surface area contributed by atoms with Gasteiger partial charge in [-0.1, -0.05) is 6.07 Å². The Morgan fingerprint density at radius 3 is 3.00 bits per heavy atom. The second-order valence-corrected chi connectivity index (χ2v) is 4.87. The third kappa shape index (κ3) is 3.42. The number of aryl methyl sites for hydroxylation is 1. The van der Waals surface area contributed by atoms with Gasteiger partial charge in [0.05, 0.1) is 7.11 Å². The SMILES string of the molecule is CN=C/C=C(\NC)c1ccc2c(c1)CCC(C(=O)OC)N2. The molecule has 0 aromatic heterocycles. The van der Waals surface area contributed by atoms with E-state index >= 15 is 0 Å². The number of ether oxygens (including phenoxy) is 1. The molecule has 1 aromatic rings. The molecule has 112 valence electrons. The molecule has 0 aliphatic carbocycles. The van der Waals surface area contributed by atoms with Crippen molar-refractivity contribution in [2.45, 2.75) is 18.9 Å². The molecule has 1 unspecified atom stereocenters. The fourth-order valence-corrected chi connectivity index (χ4v) is 2.46. The first-order valence-corrected chi connectivity index (χ1v) is 6.97. The number of hydrogen-bond donors (Lipinski definition) is 2. The molecule has 2 N–H and O–H groups in total. The number of carbonyl (C=O) groups is 1. The number of nitrogens with zero attached hydrogens (tertiary/aromatic N) is 1. The van der Waals surface area contributed by atoms with Gasteiger partial charge in [0.1, 0.15) is 6.04 Å². The van der Waals surface area contributed by atoms with Crippen LogP contribution in [0.5, 0.6) is 0 Å². The largest absolute Gasteiger partial charge is 0.467 e. The molecule has 0 spiro atoms. The molecule has 1 aliphatic rings. The van der Waals surface area contributed by atoms with Gasteiger partial charge in [0.15, 0.2) is 0 Å². The molecule has 1 atom stereocenters. The molecule has 1 heterocycles. The highest BCUT2D eigenvalue weighted by Crippen LogP contribution is 2.28. The summed E-state index contributed by atoms with van der Waals surface area (Å²) in [4.78, 5) is 15.6. The second-order valence-electron chi connectivity index (χ2n) is 4.87. The lowest BCUT2D eigenvalue weighted by Gasteiger charge is -2.25. The van der Waals surface area contributed by atoms with Gasteiger partial charge in [-0.05, 0) is 42.2 Å². The Hall–Kier alpha value is -2.30. The lowest BCUT2D eigenvalue weighted by molar-refractivity contribution is -0.141. The Kier molecular flexibility index (Phi) is 4.98. The molecule has 0 saturated heterocycles. The summed E-state index contributed by atoms with van der Waals surface area (Å²) in [5.41, 5.74) is 4.33. The van der Waals surface area contributed by atoms with E-state index in [1.807, 2.05) is 25.3 Å². The van der Waals surface area contributed by atoms with Crippen molar-refractivity contribution in [1.82, 2.24) is 5.32 Å². The van der Waals surface area contributed by atoms with Crippen molar-refractivity contribution < 1.29 is 9.53 Å². The quantitative estimate of drug-likeness (QED) is 0.655. The molecule has 21 heavy (non-hydrogen) atoms. The molecule has 5 nitrogen and oxygen atoms in total. The number of carbonyl (C=O) groups excluding carboxylic acids is 1. The zero-order valence-electron chi connectivity index (χ0n) is 12.6. The average Bonchev–Trinajstić information content (AvgIpc) is 2.54. The summed E-state index contributed by atoms with van der Waals surface area (Å²) in [6.07, 6.45) is 5.30. The lowest BCUT2D eigenvalue weighted by Crippen LogP contribution is -2.34. The minimum absolute atomic E-state index is 0.209. The summed E-state index contributed by atoms with van der Waals surface area (Å²) in [6, 6.07) is 5.92. The third-order valence-electron chi connectivity index (χ3n) is 3.59. The summed E-state index contributed by atoms with van der Waals surface area (Å²) in [5.74, 6) is -0.209. The smallest absolute Gasteiger partial charge is 0.328 e. The van der Waals surface area contributed by atoms with Gasteiger partial charge >= 0.3 is 5.97 Å². The predicted molar refractivity (Wildman–Crippen MR) is 85.6 cm³/mol. The van der Waals surface area contributed by atoms with E-state index in [9.17, 15) is 4.79 Å². The zero-order valence-corrected chi connectivity index (χ0v) is 12.6. The minimum atomic E-state index is -0.250. The molecule has 0 bridgehead atoms. The first-order chi connectivity index (χ1) is 10.2. The number of rotatable bonds is 4. The van der Waals surface area contributed by atoms with E-state index in [1.54, 1.807) is 13.3 Å². The number of esters is 1. The van der Waals surface area contributed by atoms with Crippen molar-refractivity contribution in [2.75, 3.05) is 26.5 Å². The van der Waals surface area contributed by atoms with Crippen LogP contribution in [0.3, 0.4) is 0 Å². The molecule has 2 rings (SSSR count). The van der Waals surface area contributed by atoms with E-state index in [2.05, 4.69) is 21.7 Å². The monoisotopic (exact) mass is 287 g/mol. The number of hydrogen-bond acceptors (Lipinski definition) is 5. The van der Waals surface area contributed by atoms with Gasteiger partial charge in [0.2, 0.25) is 0 Å². The van der Waals surface area contributed by atoms with Crippen molar-refractivity contribution in [3.8, 4) is 0 Å². The van der Waals surface area contributed by atoms with Crippen molar-refractivity contribution in [2.24, 2.45) is 4.99 Å². The number of fused-ring (bicyclic) bond motifs is 1. The van der Waals surface area contributed by atoms with Crippen molar-refractivity contribution >= 4 is 23.6 Å². The normalized spacial score (nSPS) is 18.0. The van der Waals surface area contributed by atoms with E-state index in [0.717, 1.165) is 29.8 Å². The van der Waals surface area contributed by atoms with Crippen molar-refractivity contribution in [3.05, 3.63) is 35.4 Å². The van der Waals surface area contributed by atoms with Crippen molar-refractivity contribution in [3.63, 3.8) is 0 Å². The second kappa shape index (κ2) is 6.92. The van der Waals surface area contributed by atoms with Crippen molar-refractivity contribution in [1.29, 1.82) is 0 Å². The van der Waals surface area contributed by atoms with Gasteiger partial charge in [-0.15, -0.1) is 0 Å². The topological polar surface area (TPSA) is 62.7 Å². The van der Waals surface area contributed by atoms with E-state index in [4.69, 9.17) is 4.74 Å². The number of benzene rings is 1. The van der Waals surface area contributed by atoms with Crippen LogP contribution >= 0.6 is 0 Å². The van der Waals surface area contributed by atoms with Gasteiger partial charge in [0.25, 0.3) is 0 Å². The fraction of sp³-hybridized carbons (Fsp3) is 0.375. The molecular formula is C16H21N3O2. The Balaban J connectivity index is 2.24. The van der Waals surface area contributed by atoms with Crippen LogP contribution < -0.4 is 10.6 Å². The summed E-state index contributed by atoms with van der Waals surface area (Å²) >= 11 is 0. The van der Waals surface area contributed by atoms with Crippen LogP contribution in [-0.2, 0) is 16.0 Å². The van der Waals surface area contributed by atoms with Gasteiger partial charge in [-0.25, -0.2) is 4.79 Å². The van der Waals surface area contributed by atoms with Gasteiger partial charge in [0, 0.05) is 31.7 Å². The highest BCUT2D eigenvalue weighted by Gasteiger charge is 2.24. The van der Waals surface area contributed by atoms with Crippen LogP contribution in [0, 0.1) is 0 Å². The number of allylic oxidation sites excluding steroid dienone is 1. The first-order valence-electron chi connectivity index (χ1n) is 6.97. The Bertz CT molecular complexity index is 579. The Morgan fingerprint density at radius 1 is 1.52 bits per heavy atom. The molecule has 0 fully saturated rings. The molecule has 5 heteroatoms. The Labute approximate surface area is 125 Å². The highest BCUT2D eigenvalue weighted by atomic mass is 16.5. The standard InChI is InChI=1S/C16H21N3O2/c1-17-9-8-13(18-2)11-4-6-14-12(10-11)5-7-15(19-14)16(20)21-3/h4,6,8-10,15,18-19H,5,7H2,1-3H3/b13-8-,17-9?. The maximum atomic E-state index is 11.6. The Morgan fingerprint density at radius 2 is 2.33 bits per heavy atom. The van der Waals surface area contributed by atoms with Crippen LogP contribution in [0.25, 0.3) is 5.70 Å². The van der Waals surface area contributed by atoms with Crippen LogP contribution in [-0.4, -0.2) is 39.4 Å². The summed E-state index contributed by atoms with van der Waals surface area (Å²) in [5, 5.41) is 6.41. The number of aliphatic imine (C=N–C) groups is 1. The summed E-state index contributed by atoms with van der Waals surface area (Å²) in [6.45, 7) is 0. The van der Waals surface area contributed by atoms with E-state index in [0.29, 0.717) is 0 Å². The van der Waals surface area contributed by atoms with E-state index < -0.39 is 0 Å². The van der Waals surface area contributed by atoms with Gasteiger partial charge in [-0.2, -0.15) is 0 Å². The fourth-order valence-electron chi connectivity index (χ4n) is 2.46. The zero-order chi connectivity index (χ0) is 15.2. The van der Waals surface area contributed by atoms with Gasteiger partial charge < -0.3 is 15.4 Å².